The lowest BCUT2D eigenvalue weighted by molar-refractivity contribution is 0.285. The van der Waals surface area contributed by atoms with Crippen LogP contribution in [0.5, 0.6) is 0 Å². The quantitative estimate of drug-likeness (QED) is 0.783. The molecule has 0 aliphatic heterocycles. The maximum atomic E-state index is 4.40. The fourth-order valence-corrected chi connectivity index (χ4v) is 3.39. The van der Waals surface area contributed by atoms with E-state index in [1.807, 2.05) is 10.9 Å². The van der Waals surface area contributed by atoms with E-state index in [-0.39, 0.29) is 0 Å². The molecule has 0 unspecified atom stereocenters. The van der Waals surface area contributed by atoms with Gasteiger partial charge < -0.3 is 10.2 Å². The summed E-state index contributed by atoms with van der Waals surface area (Å²) in [4.78, 5) is 3.71. The van der Waals surface area contributed by atoms with Crippen molar-refractivity contribution in [2.45, 2.75) is 26.9 Å². The number of aromatic nitrogens is 2. The monoisotopic (exact) mass is 356 g/mol. The summed E-state index contributed by atoms with van der Waals surface area (Å²) in [5, 5.41) is 9.90. The smallest absolute Gasteiger partial charge is 0.0729 e. The first-order valence-corrected chi connectivity index (χ1v) is 8.60. The van der Waals surface area contributed by atoms with Gasteiger partial charge in [0.2, 0.25) is 0 Å². The van der Waals surface area contributed by atoms with Crippen molar-refractivity contribution in [3.8, 4) is 0 Å². The van der Waals surface area contributed by atoms with E-state index < -0.39 is 0 Å². The molecule has 2 aromatic rings. The molecule has 2 rings (SSSR count). The van der Waals surface area contributed by atoms with Crippen LogP contribution in [0.15, 0.2) is 28.3 Å². The van der Waals surface area contributed by atoms with Gasteiger partial charge in [-0.1, -0.05) is 13.8 Å². The Kier molecular flexibility index (Phi) is 6.06. The molecule has 1 N–H and O–H groups in total. The fraction of sp³-hybridized carbons (Fsp3) is 0.500. The topological polar surface area (TPSA) is 33.1 Å². The first-order chi connectivity index (χ1) is 9.71. The minimum atomic E-state index is 0.845. The van der Waals surface area contributed by atoms with Crippen LogP contribution in [0, 0.1) is 0 Å². The van der Waals surface area contributed by atoms with Gasteiger partial charge in [0, 0.05) is 34.0 Å². The SMILES string of the molecule is CCN(CC)CCn1cc(NCc2cc(Br)cs2)cn1. The normalized spacial score (nSPS) is 11.2. The molecule has 0 radical (unpaired) electrons. The van der Waals surface area contributed by atoms with Gasteiger partial charge in [-0.3, -0.25) is 4.68 Å². The first kappa shape index (κ1) is 15.5. The van der Waals surface area contributed by atoms with Gasteiger partial charge in [0.05, 0.1) is 18.4 Å². The molecule has 0 atom stereocenters. The van der Waals surface area contributed by atoms with E-state index in [2.05, 4.69) is 62.7 Å². The van der Waals surface area contributed by atoms with E-state index in [4.69, 9.17) is 0 Å². The van der Waals surface area contributed by atoms with E-state index in [1.165, 1.54) is 4.88 Å². The van der Waals surface area contributed by atoms with E-state index in [0.29, 0.717) is 0 Å². The molecule has 0 aromatic carbocycles. The van der Waals surface area contributed by atoms with Crippen LogP contribution in [-0.4, -0.2) is 34.3 Å². The molecular formula is C14H21BrN4S. The highest BCUT2D eigenvalue weighted by Crippen LogP contribution is 2.20. The Balaban J connectivity index is 1.80. The molecule has 0 aliphatic rings. The summed E-state index contributed by atoms with van der Waals surface area (Å²) in [7, 11) is 0. The van der Waals surface area contributed by atoms with Gasteiger partial charge in [-0.25, -0.2) is 0 Å². The minimum absolute atomic E-state index is 0.845. The molecule has 0 spiro atoms. The Hall–Kier alpha value is -0.850. The molecule has 4 nitrogen and oxygen atoms in total. The van der Waals surface area contributed by atoms with Crippen LogP contribution in [-0.2, 0) is 13.1 Å². The van der Waals surface area contributed by atoms with Crippen molar-refractivity contribution in [3.63, 3.8) is 0 Å². The summed E-state index contributed by atoms with van der Waals surface area (Å²) in [6, 6.07) is 2.14. The number of nitrogens with zero attached hydrogens (tertiary/aromatic N) is 3. The largest absolute Gasteiger partial charge is 0.378 e. The van der Waals surface area contributed by atoms with Crippen molar-refractivity contribution in [2.75, 3.05) is 25.0 Å². The molecule has 0 bridgehead atoms. The second kappa shape index (κ2) is 7.81. The molecule has 6 heteroatoms. The average molecular weight is 357 g/mol. The maximum absolute atomic E-state index is 4.40. The van der Waals surface area contributed by atoms with Crippen LogP contribution in [0.4, 0.5) is 5.69 Å². The minimum Gasteiger partial charge on any atom is -0.378 e. The summed E-state index contributed by atoms with van der Waals surface area (Å²) in [5.41, 5.74) is 1.08. The summed E-state index contributed by atoms with van der Waals surface area (Å²) in [6.45, 7) is 9.40. The zero-order valence-electron chi connectivity index (χ0n) is 12.0. The number of anilines is 1. The number of thiophene rings is 1. The van der Waals surface area contributed by atoms with Crippen molar-refractivity contribution in [3.05, 3.63) is 33.2 Å². The van der Waals surface area contributed by atoms with Crippen LogP contribution in [0.2, 0.25) is 0 Å². The maximum Gasteiger partial charge on any atom is 0.0729 e. The highest BCUT2D eigenvalue weighted by molar-refractivity contribution is 9.10. The first-order valence-electron chi connectivity index (χ1n) is 6.92. The standard InChI is InChI=1S/C14H21BrN4S/c1-3-18(4-2)5-6-19-10-13(8-17-19)16-9-14-7-12(15)11-20-14/h7-8,10-11,16H,3-6,9H2,1-2H3. The Morgan fingerprint density at radius 3 is 2.85 bits per heavy atom. The van der Waals surface area contributed by atoms with Crippen molar-refractivity contribution in [1.29, 1.82) is 0 Å². The van der Waals surface area contributed by atoms with Crippen LogP contribution >= 0.6 is 27.3 Å². The zero-order chi connectivity index (χ0) is 14.4. The third-order valence-electron chi connectivity index (χ3n) is 3.26. The van der Waals surface area contributed by atoms with Crippen molar-refractivity contribution in [2.24, 2.45) is 0 Å². The number of rotatable bonds is 8. The Morgan fingerprint density at radius 1 is 1.40 bits per heavy atom. The lowest BCUT2D eigenvalue weighted by Crippen LogP contribution is -2.27. The molecule has 2 aromatic heterocycles. The molecule has 2 heterocycles. The highest BCUT2D eigenvalue weighted by Gasteiger charge is 2.03. The molecule has 20 heavy (non-hydrogen) atoms. The van der Waals surface area contributed by atoms with Crippen molar-refractivity contribution < 1.29 is 0 Å². The van der Waals surface area contributed by atoms with Crippen molar-refractivity contribution in [1.82, 2.24) is 14.7 Å². The molecule has 0 saturated heterocycles. The summed E-state index contributed by atoms with van der Waals surface area (Å²) in [6.07, 6.45) is 3.97. The lowest BCUT2D eigenvalue weighted by atomic mass is 10.4. The van der Waals surface area contributed by atoms with Gasteiger partial charge >= 0.3 is 0 Å². The van der Waals surface area contributed by atoms with E-state index in [0.717, 1.165) is 42.9 Å². The van der Waals surface area contributed by atoms with Gasteiger partial charge in [-0.05, 0) is 35.1 Å². The third-order valence-corrected chi connectivity index (χ3v) is 4.96. The second-order valence-electron chi connectivity index (χ2n) is 4.60. The van der Waals surface area contributed by atoms with Crippen LogP contribution in [0.3, 0.4) is 0 Å². The average Bonchev–Trinajstić information content (AvgIpc) is 3.07. The summed E-state index contributed by atoms with van der Waals surface area (Å²) >= 11 is 5.22. The lowest BCUT2D eigenvalue weighted by Gasteiger charge is -2.17. The zero-order valence-corrected chi connectivity index (χ0v) is 14.4. The van der Waals surface area contributed by atoms with Crippen LogP contribution in [0.1, 0.15) is 18.7 Å². The van der Waals surface area contributed by atoms with E-state index >= 15 is 0 Å². The van der Waals surface area contributed by atoms with E-state index in [1.54, 1.807) is 11.3 Å². The molecule has 0 aliphatic carbocycles. The van der Waals surface area contributed by atoms with Crippen molar-refractivity contribution >= 4 is 33.0 Å². The van der Waals surface area contributed by atoms with Gasteiger partial charge in [0.15, 0.2) is 0 Å². The highest BCUT2D eigenvalue weighted by atomic mass is 79.9. The van der Waals surface area contributed by atoms with Gasteiger partial charge in [-0.2, -0.15) is 5.10 Å². The van der Waals surface area contributed by atoms with Gasteiger partial charge in [0.25, 0.3) is 0 Å². The Morgan fingerprint density at radius 2 is 2.20 bits per heavy atom. The molecule has 110 valence electrons. The van der Waals surface area contributed by atoms with Gasteiger partial charge in [-0.15, -0.1) is 11.3 Å². The number of hydrogen-bond donors (Lipinski definition) is 1. The predicted molar refractivity (Wildman–Crippen MR) is 89.4 cm³/mol. The van der Waals surface area contributed by atoms with Gasteiger partial charge in [0.1, 0.15) is 0 Å². The molecular weight excluding hydrogens is 336 g/mol. The molecule has 0 fully saturated rings. The number of nitrogens with one attached hydrogen (secondary N) is 1. The van der Waals surface area contributed by atoms with E-state index in [9.17, 15) is 0 Å². The summed E-state index contributed by atoms with van der Waals surface area (Å²) in [5.74, 6) is 0. The van der Waals surface area contributed by atoms with Crippen LogP contribution < -0.4 is 5.32 Å². The number of likely N-dealkylation sites (N-methyl/N-ethyl adjacent to an activating group) is 1. The number of hydrogen-bond acceptors (Lipinski definition) is 4. The Bertz CT molecular complexity index is 519. The Labute approximate surface area is 132 Å². The number of halogens is 1. The summed E-state index contributed by atoms with van der Waals surface area (Å²) < 4.78 is 3.15. The molecule has 0 amide bonds. The van der Waals surface area contributed by atoms with Crippen LogP contribution in [0.25, 0.3) is 0 Å². The predicted octanol–water partition coefficient (Wildman–Crippen LogP) is 3.66. The fourth-order valence-electron chi connectivity index (χ4n) is 2.00. The molecule has 0 saturated carbocycles. The third kappa shape index (κ3) is 4.61. The second-order valence-corrected chi connectivity index (χ2v) is 6.52.